The first kappa shape index (κ1) is 30.0. The summed E-state index contributed by atoms with van der Waals surface area (Å²) in [6.07, 6.45) is 7.95. The molecule has 0 saturated carbocycles. The molecule has 5 aromatic rings. The molecule has 0 bridgehead atoms. The number of hydrogen-bond donors (Lipinski definition) is 2. The van der Waals surface area contributed by atoms with Crippen LogP contribution in [0.5, 0.6) is 0 Å². The lowest BCUT2D eigenvalue weighted by Crippen LogP contribution is -2.51. The smallest absolute Gasteiger partial charge is 0.407 e. The zero-order chi connectivity index (χ0) is 31.3. The van der Waals surface area contributed by atoms with E-state index in [0.717, 1.165) is 59.4 Å². The van der Waals surface area contributed by atoms with E-state index in [1.165, 1.54) is 23.6 Å². The summed E-state index contributed by atoms with van der Waals surface area (Å²) >= 11 is 0. The maximum atomic E-state index is 13.5. The van der Waals surface area contributed by atoms with E-state index in [1.54, 1.807) is 6.33 Å². The van der Waals surface area contributed by atoms with E-state index in [0.29, 0.717) is 6.54 Å². The topological polar surface area (TPSA) is 113 Å². The van der Waals surface area contributed by atoms with Crippen LogP contribution in [0.3, 0.4) is 0 Å². The first-order chi connectivity index (χ1) is 21.9. The van der Waals surface area contributed by atoms with Gasteiger partial charge in [0.1, 0.15) is 18.2 Å². The zero-order valence-electron chi connectivity index (χ0n) is 25.9. The Morgan fingerprint density at radius 1 is 1.00 bits per heavy atom. The Morgan fingerprint density at radius 2 is 1.84 bits per heavy atom. The van der Waals surface area contributed by atoms with Gasteiger partial charge >= 0.3 is 6.09 Å². The van der Waals surface area contributed by atoms with Gasteiger partial charge in [-0.1, -0.05) is 74.5 Å². The van der Waals surface area contributed by atoms with Crippen LogP contribution < -0.4 is 5.32 Å². The average Bonchev–Trinajstić information content (AvgIpc) is 3.75. The molecule has 0 spiro atoms. The monoisotopic (exact) mass is 602 g/mol. The number of benzene rings is 3. The summed E-state index contributed by atoms with van der Waals surface area (Å²) in [5.74, 6) is 0.544. The lowest BCUT2D eigenvalue weighted by atomic mass is 9.95. The number of methoxy groups -OCH3 is 1. The molecule has 1 aliphatic rings. The number of nitrogens with one attached hydrogen (secondary N) is 2. The number of amides is 2. The minimum atomic E-state index is -0.668. The SMILES string of the molecule is COC(=O)N[C@H](C(=O)N1CCC[C@H]1c1ncc(-c2ccc3c(Cc4cncnc4Cc4ccccc4)cccc3c2)[nH]1)C(C)C. The van der Waals surface area contributed by atoms with Crippen LogP contribution in [-0.4, -0.2) is 56.5 Å². The number of alkyl carbamates (subject to hydrolysis) is 1. The predicted molar refractivity (Wildman–Crippen MR) is 173 cm³/mol. The second-order valence-electron chi connectivity index (χ2n) is 11.9. The van der Waals surface area contributed by atoms with E-state index in [2.05, 4.69) is 80.9 Å². The highest BCUT2D eigenvalue weighted by Gasteiger charge is 2.37. The lowest BCUT2D eigenvalue weighted by molar-refractivity contribution is -0.135. The number of carbonyl (C=O) groups is 2. The maximum Gasteiger partial charge on any atom is 0.407 e. The van der Waals surface area contributed by atoms with Gasteiger partial charge < -0.3 is 19.9 Å². The third kappa shape index (κ3) is 6.57. The number of aromatic nitrogens is 4. The van der Waals surface area contributed by atoms with Gasteiger partial charge in [-0.3, -0.25) is 4.79 Å². The fraction of sp³-hybridized carbons (Fsp3) is 0.306. The van der Waals surface area contributed by atoms with Crippen molar-refractivity contribution < 1.29 is 14.3 Å². The average molecular weight is 603 g/mol. The third-order valence-corrected chi connectivity index (χ3v) is 8.60. The predicted octanol–water partition coefficient (Wildman–Crippen LogP) is 6.25. The number of H-pyrrole nitrogens is 1. The van der Waals surface area contributed by atoms with Gasteiger partial charge in [0.25, 0.3) is 0 Å². The van der Waals surface area contributed by atoms with Crippen molar-refractivity contribution in [3.8, 4) is 11.3 Å². The van der Waals surface area contributed by atoms with Gasteiger partial charge in [-0.05, 0) is 52.3 Å². The minimum Gasteiger partial charge on any atom is -0.453 e. The number of hydrogen-bond acceptors (Lipinski definition) is 6. The van der Waals surface area contributed by atoms with Crippen molar-refractivity contribution in [2.75, 3.05) is 13.7 Å². The molecule has 9 nitrogen and oxygen atoms in total. The summed E-state index contributed by atoms with van der Waals surface area (Å²) in [4.78, 5) is 44.4. The molecule has 1 saturated heterocycles. The van der Waals surface area contributed by atoms with Crippen LogP contribution in [0.4, 0.5) is 4.79 Å². The van der Waals surface area contributed by atoms with E-state index in [4.69, 9.17) is 9.72 Å². The van der Waals surface area contributed by atoms with Crippen molar-refractivity contribution in [3.63, 3.8) is 0 Å². The van der Waals surface area contributed by atoms with Gasteiger partial charge in [-0.2, -0.15) is 0 Å². The highest BCUT2D eigenvalue weighted by Crippen LogP contribution is 2.34. The van der Waals surface area contributed by atoms with Gasteiger partial charge in [0.05, 0.1) is 30.7 Å². The van der Waals surface area contributed by atoms with Crippen molar-refractivity contribution in [2.45, 2.75) is 51.6 Å². The lowest BCUT2D eigenvalue weighted by Gasteiger charge is -2.30. The van der Waals surface area contributed by atoms with E-state index in [-0.39, 0.29) is 17.9 Å². The van der Waals surface area contributed by atoms with Gasteiger partial charge in [0, 0.05) is 31.1 Å². The summed E-state index contributed by atoms with van der Waals surface area (Å²) in [6, 6.07) is 22.4. The molecule has 0 unspecified atom stereocenters. The van der Waals surface area contributed by atoms with Gasteiger partial charge in [0.15, 0.2) is 0 Å². The molecule has 2 atom stereocenters. The Balaban J connectivity index is 1.22. The molecule has 6 rings (SSSR count). The first-order valence-electron chi connectivity index (χ1n) is 15.4. The summed E-state index contributed by atoms with van der Waals surface area (Å²) in [7, 11) is 1.30. The second kappa shape index (κ2) is 13.3. The normalized spacial score (nSPS) is 15.4. The van der Waals surface area contributed by atoms with Crippen molar-refractivity contribution in [3.05, 3.63) is 114 Å². The molecular weight excluding hydrogens is 564 g/mol. The molecule has 2 aromatic heterocycles. The fourth-order valence-corrected chi connectivity index (χ4v) is 6.20. The summed E-state index contributed by atoms with van der Waals surface area (Å²) in [5.41, 5.74) is 6.51. The van der Waals surface area contributed by atoms with Crippen LogP contribution in [0.15, 0.2) is 85.5 Å². The Labute approximate surface area is 263 Å². The van der Waals surface area contributed by atoms with Crippen LogP contribution in [-0.2, 0) is 22.4 Å². The highest BCUT2D eigenvalue weighted by atomic mass is 16.5. The first-order valence-corrected chi connectivity index (χ1v) is 15.4. The van der Waals surface area contributed by atoms with Crippen LogP contribution in [0.25, 0.3) is 22.0 Å². The van der Waals surface area contributed by atoms with Gasteiger partial charge in [-0.25, -0.2) is 19.7 Å². The maximum absolute atomic E-state index is 13.5. The molecule has 45 heavy (non-hydrogen) atoms. The number of fused-ring (bicyclic) bond motifs is 1. The number of aromatic amines is 1. The van der Waals surface area contributed by atoms with Crippen LogP contribution in [0.2, 0.25) is 0 Å². The van der Waals surface area contributed by atoms with Crippen LogP contribution in [0.1, 0.15) is 60.9 Å². The Morgan fingerprint density at radius 3 is 2.64 bits per heavy atom. The Bertz CT molecular complexity index is 1800. The minimum absolute atomic E-state index is 0.0858. The summed E-state index contributed by atoms with van der Waals surface area (Å²) in [6.45, 7) is 4.44. The van der Waals surface area contributed by atoms with Crippen LogP contribution in [0, 0.1) is 5.92 Å². The largest absolute Gasteiger partial charge is 0.453 e. The van der Waals surface area contributed by atoms with Gasteiger partial charge in [-0.15, -0.1) is 0 Å². The van der Waals surface area contributed by atoms with E-state index >= 15 is 0 Å². The van der Waals surface area contributed by atoms with Crippen molar-refractivity contribution in [1.82, 2.24) is 30.2 Å². The molecule has 1 aliphatic heterocycles. The number of carbonyl (C=O) groups excluding carboxylic acids is 2. The molecule has 9 heteroatoms. The molecule has 3 aromatic carbocycles. The molecule has 1 fully saturated rings. The van der Waals surface area contributed by atoms with Crippen molar-refractivity contribution >= 4 is 22.8 Å². The Kier molecular flexibility index (Phi) is 8.86. The number of rotatable bonds is 9. The molecule has 2 amide bonds. The number of nitrogens with zero attached hydrogens (tertiary/aromatic N) is 4. The van der Waals surface area contributed by atoms with E-state index in [1.807, 2.05) is 37.2 Å². The second-order valence-corrected chi connectivity index (χ2v) is 11.9. The molecule has 0 radical (unpaired) electrons. The summed E-state index contributed by atoms with van der Waals surface area (Å²) in [5, 5.41) is 5.02. The summed E-state index contributed by atoms with van der Waals surface area (Å²) < 4.78 is 4.76. The molecule has 2 N–H and O–H groups in total. The van der Waals surface area contributed by atoms with Crippen LogP contribution >= 0.6 is 0 Å². The van der Waals surface area contributed by atoms with Crippen molar-refractivity contribution in [1.29, 1.82) is 0 Å². The number of ether oxygens (including phenoxy) is 1. The quantitative estimate of drug-likeness (QED) is 0.206. The number of imidazole rings is 1. The highest BCUT2D eigenvalue weighted by molar-refractivity contribution is 5.90. The van der Waals surface area contributed by atoms with Crippen molar-refractivity contribution in [2.24, 2.45) is 5.92 Å². The fourth-order valence-electron chi connectivity index (χ4n) is 6.20. The molecular formula is C36H38N6O3. The molecule has 0 aliphatic carbocycles. The standard InChI is InChI=1S/C36H38N6O3/c1-23(2)33(41-36(44)45-3)35(43)42-16-8-13-32(42)34-38-21-31(40-34)27-14-15-29-25(18-27)11-7-12-26(29)19-28-20-37-22-39-30(28)17-24-9-5-4-6-10-24/h4-7,9-12,14-15,18,20-23,32-33H,8,13,16-17,19H2,1-3H3,(H,38,40)(H,41,44)/t32-,33-/m0/s1. The third-order valence-electron chi connectivity index (χ3n) is 8.60. The Hall–Kier alpha value is -5.05. The van der Waals surface area contributed by atoms with E-state index in [9.17, 15) is 9.59 Å². The molecule has 230 valence electrons. The van der Waals surface area contributed by atoms with Gasteiger partial charge in [0.2, 0.25) is 5.91 Å². The molecule has 3 heterocycles. The van der Waals surface area contributed by atoms with E-state index < -0.39 is 12.1 Å². The zero-order valence-corrected chi connectivity index (χ0v) is 25.9. The number of likely N-dealkylation sites (tertiary alicyclic amines) is 1.